The van der Waals surface area contributed by atoms with Crippen LogP contribution >= 0.6 is 0 Å². The number of carbonyl (C=O) groups excluding carboxylic acids is 1. The van der Waals surface area contributed by atoms with Crippen LogP contribution in [0, 0.1) is 17.6 Å². The molecule has 0 N–H and O–H groups in total. The molecule has 6 rings (SSSR count). The summed E-state index contributed by atoms with van der Waals surface area (Å²) in [6.45, 7) is 0. The maximum Gasteiger partial charge on any atom is 0.336 e. The molecule has 36 heavy (non-hydrogen) atoms. The number of carbonyl (C=O) groups is 1. The molecule has 0 bridgehead atoms. The summed E-state index contributed by atoms with van der Waals surface area (Å²) >= 11 is 0. The second-order valence-corrected chi connectivity index (χ2v) is 9.00. The van der Waals surface area contributed by atoms with Crippen LogP contribution in [0.3, 0.4) is 0 Å². The average molecular weight is 494 g/mol. The van der Waals surface area contributed by atoms with E-state index in [1.165, 1.54) is 35.1 Å². The quantitative estimate of drug-likeness (QED) is 0.322. The molecule has 182 valence electrons. The number of Topliss-reactive ketones (excluding diaryl/α,β-unsaturated/α-hetero) is 1. The fraction of sp³-hybridized carbons (Fsp3) is 0.240. The van der Waals surface area contributed by atoms with E-state index in [0.29, 0.717) is 10.9 Å². The van der Waals surface area contributed by atoms with Gasteiger partial charge in [0.2, 0.25) is 5.82 Å². The van der Waals surface area contributed by atoms with E-state index in [0.717, 1.165) is 29.5 Å². The maximum atomic E-state index is 15.6. The number of halogens is 4. The van der Waals surface area contributed by atoms with E-state index in [9.17, 15) is 13.6 Å². The van der Waals surface area contributed by atoms with Gasteiger partial charge in [-0.1, -0.05) is 12.1 Å². The van der Waals surface area contributed by atoms with Crippen LogP contribution in [0.15, 0.2) is 48.7 Å². The summed E-state index contributed by atoms with van der Waals surface area (Å²) in [7, 11) is 1.60. The lowest BCUT2D eigenvalue weighted by molar-refractivity contribution is -0.119. The molecular weight excluding hydrogens is 476 g/mol. The van der Waals surface area contributed by atoms with Gasteiger partial charge < -0.3 is 0 Å². The molecule has 0 aliphatic heterocycles. The van der Waals surface area contributed by atoms with Crippen molar-refractivity contribution < 1.29 is 22.4 Å². The Balaban J connectivity index is 1.39. The summed E-state index contributed by atoms with van der Waals surface area (Å²) < 4.78 is 62.8. The van der Waals surface area contributed by atoms with Gasteiger partial charge in [-0.05, 0) is 42.7 Å². The van der Waals surface area contributed by atoms with E-state index < -0.39 is 28.9 Å². The lowest BCUT2D eigenvalue weighted by Crippen LogP contribution is -2.22. The highest BCUT2D eigenvalue weighted by Crippen LogP contribution is 2.38. The number of hydrogen-bond acceptors (Lipinski definition) is 5. The third-order valence-electron chi connectivity index (χ3n) is 6.34. The van der Waals surface area contributed by atoms with Crippen molar-refractivity contribution >= 4 is 22.3 Å². The third-order valence-corrected chi connectivity index (χ3v) is 6.34. The fourth-order valence-electron chi connectivity index (χ4n) is 4.26. The van der Waals surface area contributed by atoms with E-state index in [2.05, 4.69) is 20.4 Å². The minimum absolute atomic E-state index is 0.00858. The molecule has 7 nitrogen and oxygen atoms in total. The van der Waals surface area contributed by atoms with Crippen LogP contribution < -0.4 is 0 Å². The number of benzene rings is 2. The van der Waals surface area contributed by atoms with Gasteiger partial charge in [-0.25, -0.2) is 8.78 Å². The summed E-state index contributed by atoms with van der Waals surface area (Å²) in [6, 6.07) is 9.17. The summed E-state index contributed by atoms with van der Waals surface area (Å²) in [4.78, 5) is 12.0. The average Bonchev–Trinajstić information content (AvgIpc) is 3.50. The molecule has 0 atom stereocenters. The first-order chi connectivity index (χ1) is 17.2. The van der Waals surface area contributed by atoms with Gasteiger partial charge in [0.05, 0.1) is 16.8 Å². The zero-order chi connectivity index (χ0) is 25.2. The van der Waals surface area contributed by atoms with Crippen molar-refractivity contribution in [2.75, 3.05) is 0 Å². The van der Waals surface area contributed by atoms with Gasteiger partial charge in [0, 0.05) is 42.6 Å². The molecule has 2 aromatic carbocycles. The van der Waals surface area contributed by atoms with Crippen LogP contribution in [-0.2, 0) is 24.2 Å². The van der Waals surface area contributed by atoms with Crippen molar-refractivity contribution in [3.05, 3.63) is 77.2 Å². The summed E-state index contributed by atoms with van der Waals surface area (Å²) in [6.07, 6.45) is 3.20. The molecular formula is C25H18F4N6O. The molecule has 3 aromatic heterocycles. The van der Waals surface area contributed by atoms with Gasteiger partial charge in [0.15, 0.2) is 5.65 Å². The minimum atomic E-state index is -3.88. The van der Waals surface area contributed by atoms with Crippen molar-refractivity contribution in [3.63, 3.8) is 0 Å². The van der Waals surface area contributed by atoms with Gasteiger partial charge in [-0.2, -0.15) is 23.5 Å². The van der Waals surface area contributed by atoms with Crippen molar-refractivity contribution in [2.24, 2.45) is 13.0 Å². The third kappa shape index (κ3) is 3.71. The smallest absolute Gasteiger partial charge is 0.299 e. The molecule has 1 aliphatic rings. The number of aromatic nitrogens is 6. The highest BCUT2D eigenvalue weighted by molar-refractivity contribution is 5.85. The lowest BCUT2D eigenvalue weighted by Gasteiger charge is -2.15. The Hall–Kier alpha value is -4.15. The highest BCUT2D eigenvalue weighted by atomic mass is 19.3. The Morgan fingerprint density at radius 2 is 1.83 bits per heavy atom. The predicted octanol–water partition coefficient (Wildman–Crippen LogP) is 4.62. The molecule has 11 heteroatoms. The molecule has 0 saturated heterocycles. The molecule has 0 unspecified atom stereocenters. The number of fused-ring (bicyclic) bond motifs is 2. The number of rotatable bonds is 6. The SMILES string of the molecule is Cn1cc2cc(C(F)(F)c3nnc4ccc(-c5ccc(CC(=O)C6CC6)c(F)c5)nn34)c(F)cc2n1. The van der Waals surface area contributed by atoms with Crippen LogP contribution in [-0.4, -0.2) is 35.4 Å². The highest BCUT2D eigenvalue weighted by Gasteiger charge is 2.43. The molecule has 3 heterocycles. The van der Waals surface area contributed by atoms with Gasteiger partial charge in [-0.3, -0.25) is 9.48 Å². The fourth-order valence-corrected chi connectivity index (χ4v) is 4.26. The van der Waals surface area contributed by atoms with Crippen molar-refractivity contribution in [1.82, 2.24) is 29.6 Å². The Bertz CT molecular complexity index is 1670. The lowest BCUT2D eigenvalue weighted by atomic mass is 10.0. The van der Waals surface area contributed by atoms with Crippen LogP contribution in [0.5, 0.6) is 0 Å². The van der Waals surface area contributed by atoms with Crippen molar-refractivity contribution in [3.8, 4) is 11.3 Å². The standard InChI is InChI=1S/C25H18F4N6O/c1-34-12-16-8-17(19(27)11-21(16)32-34)25(28,29)24-31-30-23-7-6-20(33-35(23)24)15-5-4-14(18(26)9-15)10-22(36)13-2-3-13/h4-9,11-13H,2-3,10H2,1H3. The first-order valence-corrected chi connectivity index (χ1v) is 11.3. The van der Waals surface area contributed by atoms with E-state index in [1.807, 2.05) is 0 Å². The van der Waals surface area contributed by atoms with E-state index in [4.69, 9.17) is 0 Å². The molecule has 5 aromatic rings. The first kappa shape index (κ1) is 22.3. The van der Waals surface area contributed by atoms with Crippen LogP contribution in [0.2, 0.25) is 0 Å². The molecule has 0 amide bonds. The second-order valence-electron chi connectivity index (χ2n) is 9.00. The van der Waals surface area contributed by atoms with Crippen LogP contribution in [0.1, 0.15) is 29.8 Å². The van der Waals surface area contributed by atoms with Gasteiger partial charge in [0.1, 0.15) is 17.4 Å². The molecule has 1 aliphatic carbocycles. The summed E-state index contributed by atoms with van der Waals surface area (Å²) in [5.41, 5.74) is 0.146. The summed E-state index contributed by atoms with van der Waals surface area (Å²) in [5.74, 6) is -6.45. The monoisotopic (exact) mass is 494 g/mol. The molecule has 1 fully saturated rings. The number of hydrogen-bond donors (Lipinski definition) is 0. The van der Waals surface area contributed by atoms with E-state index in [-0.39, 0.29) is 40.5 Å². The van der Waals surface area contributed by atoms with Gasteiger partial charge >= 0.3 is 5.92 Å². The largest absolute Gasteiger partial charge is 0.336 e. The van der Waals surface area contributed by atoms with Gasteiger partial charge in [0.25, 0.3) is 0 Å². The van der Waals surface area contributed by atoms with Crippen LogP contribution in [0.4, 0.5) is 17.6 Å². The number of aryl methyl sites for hydroxylation is 1. The predicted molar refractivity (Wildman–Crippen MR) is 121 cm³/mol. The Kier molecular flexibility index (Phi) is 4.92. The first-order valence-electron chi connectivity index (χ1n) is 11.3. The second kappa shape index (κ2) is 7.94. The van der Waals surface area contributed by atoms with Crippen molar-refractivity contribution in [2.45, 2.75) is 25.2 Å². The molecule has 1 saturated carbocycles. The zero-order valence-corrected chi connectivity index (χ0v) is 18.9. The van der Waals surface area contributed by atoms with Gasteiger partial charge in [-0.15, -0.1) is 10.2 Å². The topological polar surface area (TPSA) is 78.0 Å². The van der Waals surface area contributed by atoms with Crippen LogP contribution in [0.25, 0.3) is 27.8 Å². The number of alkyl halides is 2. The van der Waals surface area contributed by atoms with E-state index >= 15 is 8.78 Å². The number of ketones is 1. The minimum Gasteiger partial charge on any atom is -0.299 e. The zero-order valence-electron chi connectivity index (χ0n) is 18.9. The summed E-state index contributed by atoms with van der Waals surface area (Å²) in [5, 5.41) is 15.9. The van der Waals surface area contributed by atoms with E-state index in [1.54, 1.807) is 13.1 Å². The number of nitrogens with zero attached hydrogens (tertiary/aromatic N) is 6. The Morgan fingerprint density at radius 1 is 1.03 bits per heavy atom. The normalized spacial score (nSPS) is 14.1. The maximum absolute atomic E-state index is 15.6. The van der Waals surface area contributed by atoms with Crippen molar-refractivity contribution in [1.29, 1.82) is 0 Å². The molecule has 0 radical (unpaired) electrons. The molecule has 0 spiro atoms. The Labute approximate surface area is 201 Å². The Morgan fingerprint density at radius 3 is 2.58 bits per heavy atom.